The summed E-state index contributed by atoms with van der Waals surface area (Å²) in [5.41, 5.74) is -0.00915. The number of amides is 2. The zero-order valence-corrected chi connectivity index (χ0v) is 32.4. The maximum Gasteiger partial charge on any atom is 0.272 e. The monoisotopic (exact) mass is 765 g/mol. The molecule has 0 unspecified atom stereocenters. The second kappa shape index (κ2) is 15.3. The number of ketones is 1. The van der Waals surface area contributed by atoms with Gasteiger partial charge in [-0.05, 0) is 92.4 Å². The number of nitrogens with one attached hydrogen (secondary N) is 1. The Morgan fingerprint density at radius 3 is 2.50 bits per heavy atom. The van der Waals surface area contributed by atoms with Gasteiger partial charge in [0.2, 0.25) is 5.91 Å². The molecule has 3 saturated carbocycles. The van der Waals surface area contributed by atoms with Gasteiger partial charge in [-0.25, -0.2) is 14.2 Å². The largest absolute Gasteiger partial charge is 0.383 e. The average molecular weight is 766 g/mol. The number of aromatic amines is 1. The van der Waals surface area contributed by atoms with Crippen LogP contribution in [-0.4, -0.2) is 83.9 Å². The van der Waals surface area contributed by atoms with Gasteiger partial charge in [0.15, 0.2) is 0 Å². The molecule has 8 rings (SSSR count). The molecule has 2 aromatic carbocycles. The number of rotatable bonds is 6. The molecule has 1 saturated heterocycles. The minimum atomic E-state index is -1.14. The highest BCUT2D eigenvalue weighted by molar-refractivity contribution is 5.95. The first kappa shape index (κ1) is 38.1. The van der Waals surface area contributed by atoms with Gasteiger partial charge in [0.1, 0.15) is 29.4 Å². The lowest BCUT2D eigenvalue weighted by Gasteiger charge is -2.52. The van der Waals surface area contributed by atoms with Crippen molar-refractivity contribution in [3.05, 3.63) is 87.3 Å². The van der Waals surface area contributed by atoms with E-state index in [-0.39, 0.29) is 42.1 Å². The van der Waals surface area contributed by atoms with Crippen LogP contribution in [0.15, 0.2) is 53.5 Å². The van der Waals surface area contributed by atoms with E-state index in [4.69, 9.17) is 0 Å². The molecule has 4 fully saturated rings. The first-order chi connectivity index (χ1) is 26.9. The molecule has 12 nitrogen and oxygen atoms in total. The number of fused-ring (bicyclic) bond motifs is 4. The molecule has 0 radical (unpaired) electrons. The number of Topliss-reactive ketones (excluding diaryl/α,β-unsaturated/α-hetero) is 1. The number of carbonyl (C=O) groups excluding carboxylic acids is 3. The Labute approximate surface area is 325 Å². The van der Waals surface area contributed by atoms with Crippen LogP contribution in [0, 0.1) is 34.9 Å². The van der Waals surface area contributed by atoms with Crippen LogP contribution in [0.2, 0.25) is 0 Å². The third-order valence-electron chi connectivity index (χ3n) is 14.1. The Morgan fingerprint density at radius 2 is 1.70 bits per heavy atom. The van der Waals surface area contributed by atoms with Crippen LogP contribution in [0.1, 0.15) is 105 Å². The standard InChI is InChI=1S/C43H52FN7O5/c1-27-11-13-29(52)7-3-4-8-31-30(27)15-17-42(2)35(31)16-18-43(42,56)38-25-51(48-46-38)26-39(53)49-19-21-50(22-20-49)41(55)34-23-28(12-14-36(34)44)24-37-32-9-5-6-10-33(32)40(54)47-45-37/h5-6,9-10,12,14,23,25,27,30-31,35,56H,3-4,7-8,11,13,15-22,24,26H2,1-2H3,(H,47,54)/t27-,30+,31+,35-,42-,43+/m0/s1. The van der Waals surface area contributed by atoms with Crippen LogP contribution in [0.5, 0.6) is 0 Å². The summed E-state index contributed by atoms with van der Waals surface area (Å²) < 4.78 is 16.6. The van der Waals surface area contributed by atoms with E-state index >= 15 is 4.39 Å². The summed E-state index contributed by atoms with van der Waals surface area (Å²) in [4.78, 5) is 54.8. The van der Waals surface area contributed by atoms with Crippen LogP contribution in [0.25, 0.3) is 10.8 Å². The lowest BCUT2D eigenvalue weighted by atomic mass is 9.53. The molecule has 4 aliphatic rings. The Kier molecular flexibility index (Phi) is 10.4. The maximum atomic E-state index is 15.1. The van der Waals surface area contributed by atoms with Crippen molar-refractivity contribution >= 4 is 28.4 Å². The highest BCUT2D eigenvalue weighted by Crippen LogP contribution is 2.65. The molecule has 56 heavy (non-hydrogen) atoms. The molecule has 0 bridgehead atoms. The fraction of sp³-hybridized carbons (Fsp3) is 0.558. The molecule has 4 aromatic rings. The van der Waals surface area contributed by atoms with Gasteiger partial charge in [0, 0.05) is 56.2 Å². The van der Waals surface area contributed by atoms with Crippen molar-refractivity contribution in [1.82, 2.24) is 35.0 Å². The van der Waals surface area contributed by atoms with Crippen molar-refractivity contribution in [2.75, 3.05) is 26.2 Å². The molecular formula is C43H52FN7O5. The van der Waals surface area contributed by atoms with E-state index in [1.54, 1.807) is 34.2 Å². The zero-order chi connectivity index (χ0) is 39.2. The van der Waals surface area contributed by atoms with Crippen LogP contribution in [0.3, 0.4) is 0 Å². The number of nitrogens with zero attached hydrogens (tertiary/aromatic N) is 6. The summed E-state index contributed by atoms with van der Waals surface area (Å²) in [6, 6.07) is 11.6. The molecule has 13 heteroatoms. The highest BCUT2D eigenvalue weighted by atomic mass is 19.1. The van der Waals surface area contributed by atoms with E-state index in [2.05, 4.69) is 34.4 Å². The van der Waals surface area contributed by atoms with Crippen LogP contribution in [-0.2, 0) is 28.2 Å². The Bertz CT molecular complexity index is 2200. The topological polar surface area (TPSA) is 154 Å². The van der Waals surface area contributed by atoms with E-state index in [0.29, 0.717) is 96.0 Å². The molecule has 0 spiro atoms. The Morgan fingerprint density at radius 1 is 0.929 bits per heavy atom. The van der Waals surface area contributed by atoms with Gasteiger partial charge < -0.3 is 14.9 Å². The van der Waals surface area contributed by atoms with Gasteiger partial charge in [0.25, 0.3) is 11.5 Å². The molecule has 2 N–H and O–H groups in total. The van der Waals surface area contributed by atoms with Gasteiger partial charge in [0.05, 0.1) is 22.8 Å². The maximum absolute atomic E-state index is 15.1. The quantitative estimate of drug-likeness (QED) is 0.264. The second-order valence-corrected chi connectivity index (χ2v) is 17.1. The Hall–Kier alpha value is -4.78. The number of benzene rings is 2. The normalized spacial score (nSPS) is 28.5. The lowest BCUT2D eigenvalue weighted by Crippen LogP contribution is -2.51. The average Bonchev–Trinajstić information content (AvgIpc) is 3.79. The summed E-state index contributed by atoms with van der Waals surface area (Å²) in [5, 5.41) is 29.2. The lowest BCUT2D eigenvalue weighted by molar-refractivity contribution is -0.133. The number of H-pyrrole nitrogens is 1. The number of hydrogen-bond acceptors (Lipinski definition) is 8. The van der Waals surface area contributed by atoms with E-state index in [9.17, 15) is 24.3 Å². The fourth-order valence-corrected chi connectivity index (χ4v) is 10.8. The van der Waals surface area contributed by atoms with Gasteiger partial charge in [-0.3, -0.25) is 19.2 Å². The number of aromatic nitrogens is 5. The minimum absolute atomic E-state index is 0.0394. The first-order valence-electron chi connectivity index (χ1n) is 20.4. The Balaban J connectivity index is 0.889. The van der Waals surface area contributed by atoms with E-state index in [0.717, 1.165) is 44.9 Å². The highest BCUT2D eigenvalue weighted by Gasteiger charge is 2.63. The van der Waals surface area contributed by atoms with Crippen molar-refractivity contribution in [1.29, 1.82) is 0 Å². The fourth-order valence-electron chi connectivity index (χ4n) is 10.8. The van der Waals surface area contributed by atoms with Crippen LogP contribution in [0.4, 0.5) is 4.39 Å². The van der Waals surface area contributed by atoms with E-state index < -0.39 is 17.3 Å². The van der Waals surface area contributed by atoms with E-state index in [1.165, 1.54) is 16.8 Å². The van der Waals surface area contributed by atoms with Crippen molar-refractivity contribution in [2.45, 2.75) is 96.6 Å². The second-order valence-electron chi connectivity index (χ2n) is 17.1. The molecule has 6 atom stereocenters. The van der Waals surface area contributed by atoms with Gasteiger partial charge in [-0.2, -0.15) is 5.10 Å². The number of aliphatic hydroxyl groups is 1. The summed E-state index contributed by atoms with van der Waals surface area (Å²) in [7, 11) is 0. The molecular weight excluding hydrogens is 714 g/mol. The predicted octanol–water partition coefficient (Wildman–Crippen LogP) is 5.42. The molecule has 2 amide bonds. The van der Waals surface area contributed by atoms with Crippen molar-refractivity contribution < 1.29 is 23.9 Å². The zero-order valence-electron chi connectivity index (χ0n) is 32.4. The van der Waals surface area contributed by atoms with Crippen molar-refractivity contribution in [3.63, 3.8) is 0 Å². The molecule has 3 heterocycles. The summed E-state index contributed by atoms with van der Waals surface area (Å²) in [6.45, 7) is 5.58. The van der Waals surface area contributed by atoms with Gasteiger partial charge in [-0.15, -0.1) is 5.10 Å². The SMILES string of the molecule is C[C@H]1CCC(=O)CCCC[C@@H]2[C@@H]1CC[C@@]1(C)[C@H]2CC[C@@]1(O)c1cn(CC(=O)N2CCN(C(=O)c3cc(Cc4n[nH]c(=O)c5ccccc45)ccc3F)CC2)nn1. The van der Waals surface area contributed by atoms with Crippen molar-refractivity contribution in [2.24, 2.45) is 29.1 Å². The first-order valence-corrected chi connectivity index (χ1v) is 20.4. The smallest absolute Gasteiger partial charge is 0.272 e. The van der Waals surface area contributed by atoms with E-state index in [1.807, 2.05) is 12.1 Å². The summed E-state index contributed by atoms with van der Waals surface area (Å²) in [5.74, 6) is 1.07. The summed E-state index contributed by atoms with van der Waals surface area (Å²) in [6.07, 6.45) is 10.9. The van der Waals surface area contributed by atoms with Crippen LogP contribution >= 0.6 is 0 Å². The third-order valence-corrected chi connectivity index (χ3v) is 14.1. The van der Waals surface area contributed by atoms with Crippen LogP contribution < -0.4 is 5.56 Å². The number of halogens is 1. The van der Waals surface area contributed by atoms with Crippen molar-refractivity contribution in [3.8, 4) is 0 Å². The molecule has 2 aromatic heterocycles. The number of hydrogen-bond donors (Lipinski definition) is 2. The van der Waals surface area contributed by atoms with Gasteiger partial charge in [-0.1, -0.05) is 49.7 Å². The van der Waals surface area contributed by atoms with Gasteiger partial charge >= 0.3 is 0 Å². The molecule has 1 aliphatic heterocycles. The summed E-state index contributed by atoms with van der Waals surface area (Å²) >= 11 is 0. The predicted molar refractivity (Wildman–Crippen MR) is 207 cm³/mol. The third kappa shape index (κ3) is 6.96. The number of piperazine rings is 1. The number of carbonyl (C=O) groups is 3. The molecule has 296 valence electrons. The molecule has 3 aliphatic carbocycles. The minimum Gasteiger partial charge on any atom is -0.383 e.